The third-order valence-electron chi connectivity index (χ3n) is 3.16. The Morgan fingerprint density at radius 1 is 1.38 bits per heavy atom. The normalized spacial score (nSPS) is 12.5. The molecule has 0 aliphatic rings. The Hall–Kier alpha value is -1.42. The van der Waals surface area contributed by atoms with Crippen molar-refractivity contribution in [1.29, 1.82) is 0 Å². The molecular weight excluding hydrogens is 410 g/mol. The lowest BCUT2D eigenvalue weighted by molar-refractivity contribution is 0.281. The molecule has 0 saturated carbocycles. The second-order valence-corrected chi connectivity index (χ2v) is 8.09. The number of aliphatic hydroxyl groups excluding tert-OH is 1. The minimum absolute atomic E-state index is 0.0142. The van der Waals surface area contributed by atoms with Gasteiger partial charge in [0.2, 0.25) is 0 Å². The average Bonchev–Trinajstić information content (AvgIpc) is 2.93. The van der Waals surface area contributed by atoms with Crippen LogP contribution in [0.15, 0.2) is 33.9 Å². The van der Waals surface area contributed by atoms with E-state index in [4.69, 9.17) is 5.73 Å². The first kappa shape index (κ1) is 17.4. The molecule has 2 aromatic heterocycles. The van der Waals surface area contributed by atoms with Gasteiger partial charge in [0.25, 0.3) is 0 Å². The molecule has 3 rings (SSSR count). The predicted octanol–water partition coefficient (Wildman–Crippen LogP) is 3.52. The first-order valence-corrected chi connectivity index (χ1v) is 9.83. The Labute approximate surface area is 156 Å². The minimum atomic E-state index is -0.116. The highest BCUT2D eigenvalue weighted by molar-refractivity contribution is 9.10. The van der Waals surface area contributed by atoms with Gasteiger partial charge in [-0.1, -0.05) is 51.2 Å². The predicted molar refractivity (Wildman–Crippen MR) is 103 cm³/mol. The zero-order valence-corrected chi connectivity index (χ0v) is 16.1. The van der Waals surface area contributed by atoms with Crippen LogP contribution in [0.25, 0.3) is 10.3 Å². The van der Waals surface area contributed by atoms with Crippen LogP contribution in [0.3, 0.4) is 0 Å². The third kappa shape index (κ3) is 4.15. The molecular formula is C15H16BrN5OS2. The highest BCUT2D eigenvalue weighted by Gasteiger charge is 2.14. The second-order valence-electron chi connectivity index (χ2n) is 5.21. The van der Waals surface area contributed by atoms with Gasteiger partial charge in [0.05, 0.1) is 6.61 Å². The van der Waals surface area contributed by atoms with Crippen molar-refractivity contribution in [2.45, 2.75) is 23.9 Å². The SMILES string of the molecule is C[C@H](CO)Nc1nc(SCc2cccc(Br)c2)nc2nc(N)sc12. The molecule has 24 heavy (non-hydrogen) atoms. The van der Waals surface area contributed by atoms with Crippen LogP contribution in [0.2, 0.25) is 0 Å². The fourth-order valence-electron chi connectivity index (χ4n) is 2.04. The molecule has 0 radical (unpaired) electrons. The smallest absolute Gasteiger partial charge is 0.191 e. The highest BCUT2D eigenvalue weighted by atomic mass is 79.9. The van der Waals surface area contributed by atoms with Crippen molar-refractivity contribution < 1.29 is 5.11 Å². The quantitative estimate of drug-likeness (QED) is 0.410. The molecule has 0 unspecified atom stereocenters. The number of halogens is 1. The number of nitrogen functional groups attached to an aromatic ring is 1. The van der Waals surface area contributed by atoms with E-state index in [0.29, 0.717) is 21.8 Å². The number of nitrogens with zero attached hydrogens (tertiary/aromatic N) is 3. The number of fused-ring (bicyclic) bond motifs is 1. The number of aliphatic hydroxyl groups is 1. The summed E-state index contributed by atoms with van der Waals surface area (Å²) in [6.45, 7) is 1.90. The molecule has 9 heteroatoms. The van der Waals surface area contributed by atoms with Crippen molar-refractivity contribution in [3.05, 3.63) is 34.3 Å². The van der Waals surface area contributed by atoms with Crippen molar-refractivity contribution in [2.24, 2.45) is 0 Å². The maximum absolute atomic E-state index is 9.27. The summed E-state index contributed by atoms with van der Waals surface area (Å²) in [5.74, 6) is 1.41. The Morgan fingerprint density at radius 3 is 2.96 bits per heavy atom. The summed E-state index contributed by atoms with van der Waals surface area (Å²) in [6, 6.07) is 8.01. The molecule has 0 saturated heterocycles. The van der Waals surface area contributed by atoms with E-state index in [1.165, 1.54) is 28.7 Å². The van der Waals surface area contributed by atoms with Crippen molar-refractivity contribution in [3.63, 3.8) is 0 Å². The van der Waals surface area contributed by atoms with Crippen molar-refractivity contribution in [1.82, 2.24) is 15.0 Å². The van der Waals surface area contributed by atoms with Crippen LogP contribution in [0.5, 0.6) is 0 Å². The molecule has 6 nitrogen and oxygen atoms in total. The van der Waals surface area contributed by atoms with Crippen molar-refractivity contribution in [3.8, 4) is 0 Å². The van der Waals surface area contributed by atoms with E-state index in [0.717, 1.165) is 14.9 Å². The number of rotatable bonds is 6. The molecule has 3 aromatic rings. The van der Waals surface area contributed by atoms with E-state index in [9.17, 15) is 5.11 Å². The molecule has 1 atom stereocenters. The molecule has 0 fully saturated rings. The van der Waals surface area contributed by atoms with Crippen molar-refractivity contribution >= 4 is 60.3 Å². The van der Waals surface area contributed by atoms with E-state index >= 15 is 0 Å². The number of hydrogen-bond donors (Lipinski definition) is 3. The standard InChI is InChI=1S/C15H16BrN5OS2/c1-8(6-22)18-12-11-13(19-14(17)24-11)21-15(20-12)23-7-9-3-2-4-10(16)5-9/h2-5,8,22H,6-7H2,1H3,(H3,17,18,19,20,21)/t8-/m1/s1. The van der Waals surface area contributed by atoms with Crippen LogP contribution < -0.4 is 11.1 Å². The van der Waals surface area contributed by atoms with E-state index in [1.807, 2.05) is 19.1 Å². The topological polar surface area (TPSA) is 97.0 Å². The number of anilines is 2. The van der Waals surface area contributed by atoms with Gasteiger partial charge in [-0.15, -0.1) is 0 Å². The van der Waals surface area contributed by atoms with E-state index in [-0.39, 0.29) is 12.6 Å². The Kier molecular flexibility index (Phi) is 5.54. The van der Waals surface area contributed by atoms with Gasteiger partial charge in [-0.2, -0.15) is 0 Å². The maximum atomic E-state index is 9.27. The molecule has 126 valence electrons. The number of nitrogens with one attached hydrogen (secondary N) is 1. The van der Waals surface area contributed by atoms with Crippen LogP contribution in [0.1, 0.15) is 12.5 Å². The van der Waals surface area contributed by atoms with Crippen LogP contribution in [-0.2, 0) is 5.75 Å². The molecule has 4 N–H and O–H groups in total. The number of nitrogens with two attached hydrogens (primary N) is 1. The van der Waals surface area contributed by atoms with Gasteiger partial charge >= 0.3 is 0 Å². The first-order chi connectivity index (χ1) is 11.5. The van der Waals surface area contributed by atoms with Crippen LogP contribution in [-0.4, -0.2) is 32.7 Å². The molecule has 1 aromatic carbocycles. The number of benzene rings is 1. The Morgan fingerprint density at radius 2 is 2.21 bits per heavy atom. The maximum Gasteiger partial charge on any atom is 0.191 e. The van der Waals surface area contributed by atoms with Crippen LogP contribution >= 0.6 is 39.0 Å². The molecule has 2 heterocycles. The largest absolute Gasteiger partial charge is 0.394 e. The lowest BCUT2D eigenvalue weighted by Crippen LogP contribution is -2.20. The number of hydrogen-bond acceptors (Lipinski definition) is 8. The summed E-state index contributed by atoms with van der Waals surface area (Å²) in [6.07, 6.45) is 0. The number of thiazole rings is 1. The van der Waals surface area contributed by atoms with Crippen LogP contribution in [0.4, 0.5) is 10.9 Å². The second kappa shape index (κ2) is 7.64. The molecule has 0 aliphatic carbocycles. The van der Waals surface area contributed by atoms with E-state index in [1.54, 1.807) is 0 Å². The number of aromatic nitrogens is 3. The van der Waals surface area contributed by atoms with Gasteiger partial charge in [0.1, 0.15) is 4.70 Å². The van der Waals surface area contributed by atoms with Gasteiger partial charge in [0.15, 0.2) is 21.8 Å². The summed E-state index contributed by atoms with van der Waals surface area (Å²) < 4.78 is 1.85. The van der Waals surface area contributed by atoms with E-state index in [2.05, 4.69) is 48.3 Å². The summed E-state index contributed by atoms with van der Waals surface area (Å²) in [5, 5.41) is 13.5. The average molecular weight is 426 g/mol. The van der Waals surface area contributed by atoms with Gasteiger partial charge in [-0.3, -0.25) is 0 Å². The van der Waals surface area contributed by atoms with E-state index < -0.39 is 0 Å². The first-order valence-electron chi connectivity index (χ1n) is 7.24. The summed E-state index contributed by atoms with van der Waals surface area (Å²) in [5.41, 5.74) is 7.56. The lowest BCUT2D eigenvalue weighted by atomic mass is 10.2. The van der Waals surface area contributed by atoms with Gasteiger partial charge < -0.3 is 16.2 Å². The minimum Gasteiger partial charge on any atom is -0.394 e. The number of thioether (sulfide) groups is 1. The van der Waals surface area contributed by atoms with Crippen molar-refractivity contribution in [2.75, 3.05) is 17.7 Å². The fourth-order valence-corrected chi connectivity index (χ4v) is 3.99. The summed E-state index contributed by atoms with van der Waals surface area (Å²) in [4.78, 5) is 13.3. The summed E-state index contributed by atoms with van der Waals surface area (Å²) in [7, 11) is 0. The monoisotopic (exact) mass is 425 g/mol. The fraction of sp³-hybridized carbons (Fsp3) is 0.267. The zero-order valence-electron chi connectivity index (χ0n) is 12.9. The Bertz CT molecular complexity index is 857. The van der Waals surface area contributed by atoms with Crippen LogP contribution in [0, 0.1) is 0 Å². The molecule has 0 aliphatic heterocycles. The zero-order chi connectivity index (χ0) is 17.1. The highest BCUT2D eigenvalue weighted by Crippen LogP contribution is 2.31. The molecule has 0 amide bonds. The molecule has 0 spiro atoms. The van der Waals surface area contributed by atoms with Gasteiger partial charge in [0, 0.05) is 16.3 Å². The lowest BCUT2D eigenvalue weighted by Gasteiger charge is -2.12. The molecule has 0 bridgehead atoms. The van der Waals surface area contributed by atoms with Gasteiger partial charge in [-0.05, 0) is 24.6 Å². The summed E-state index contributed by atoms with van der Waals surface area (Å²) >= 11 is 6.35. The Balaban J connectivity index is 1.87. The van der Waals surface area contributed by atoms with Gasteiger partial charge in [-0.25, -0.2) is 15.0 Å². The third-order valence-corrected chi connectivity index (χ3v) is 5.46.